The third-order valence-electron chi connectivity index (χ3n) is 4.02. The summed E-state index contributed by atoms with van der Waals surface area (Å²) >= 11 is 1.57. The summed E-state index contributed by atoms with van der Waals surface area (Å²) in [6, 6.07) is 0. The molecule has 1 amide bonds. The van der Waals surface area contributed by atoms with E-state index in [1.807, 2.05) is 6.92 Å². The number of hydrogen-bond acceptors (Lipinski definition) is 5. The first-order valence-electron chi connectivity index (χ1n) is 7.88. The van der Waals surface area contributed by atoms with Crippen LogP contribution in [0.3, 0.4) is 0 Å². The molecule has 2 heterocycles. The lowest BCUT2D eigenvalue weighted by atomic mass is 9.98. The Morgan fingerprint density at radius 2 is 2.17 bits per heavy atom. The third-order valence-corrected chi connectivity index (χ3v) is 5.06. The Labute approximate surface area is 139 Å². The number of fused-ring (bicyclic) bond motifs is 1. The number of rotatable bonds is 7. The highest BCUT2D eigenvalue weighted by atomic mass is 32.1. The second-order valence-electron chi connectivity index (χ2n) is 5.82. The molecule has 0 aliphatic rings. The molecule has 3 N–H and O–H groups in total. The molecule has 7 heteroatoms. The van der Waals surface area contributed by atoms with Crippen LogP contribution in [0.2, 0.25) is 0 Å². The molecule has 0 aromatic carbocycles. The number of carbonyl (C=O) groups is 1. The van der Waals surface area contributed by atoms with Gasteiger partial charge in [-0.3, -0.25) is 9.59 Å². The van der Waals surface area contributed by atoms with E-state index in [1.165, 1.54) is 0 Å². The number of hydrogen-bond donors (Lipinski definition) is 3. The van der Waals surface area contributed by atoms with Crippen molar-refractivity contribution in [1.82, 2.24) is 20.6 Å². The number of nitrogens with zero attached hydrogens (tertiary/aromatic N) is 1. The van der Waals surface area contributed by atoms with E-state index < -0.39 is 0 Å². The van der Waals surface area contributed by atoms with Gasteiger partial charge in [-0.2, -0.15) is 0 Å². The molecule has 0 radical (unpaired) electrons. The molecule has 0 bridgehead atoms. The standard InChI is InChI=1S/C16H24N4O2S/c1-5-9(2)6-11-10(3)23-16-14(11)15(22)19-12(20-16)7-18-8-13(21)17-4/h9,18H,5-8H2,1-4H3,(H,17,21)(H,19,20,22)/t9-/m1/s1. The number of carbonyl (C=O) groups excluding carboxylic acids is 1. The van der Waals surface area contributed by atoms with E-state index in [1.54, 1.807) is 18.4 Å². The molecule has 0 aliphatic carbocycles. The van der Waals surface area contributed by atoms with Gasteiger partial charge in [-0.25, -0.2) is 4.98 Å². The van der Waals surface area contributed by atoms with Crippen LogP contribution < -0.4 is 16.2 Å². The molecule has 0 saturated carbocycles. The van der Waals surface area contributed by atoms with Gasteiger partial charge in [-0.1, -0.05) is 20.3 Å². The van der Waals surface area contributed by atoms with Gasteiger partial charge in [-0.15, -0.1) is 11.3 Å². The van der Waals surface area contributed by atoms with Crippen molar-refractivity contribution in [3.05, 3.63) is 26.6 Å². The molecule has 2 rings (SSSR count). The van der Waals surface area contributed by atoms with E-state index in [2.05, 4.69) is 34.4 Å². The first kappa shape index (κ1) is 17.6. The van der Waals surface area contributed by atoms with Crippen molar-refractivity contribution in [1.29, 1.82) is 0 Å². The molecule has 1 atom stereocenters. The number of H-pyrrole nitrogens is 1. The quantitative estimate of drug-likeness (QED) is 0.718. The molecule has 23 heavy (non-hydrogen) atoms. The monoisotopic (exact) mass is 336 g/mol. The van der Waals surface area contributed by atoms with Gasteiger partial charge in [0.25, 0.3) is 5.56 Å². The molecule has 126 valence electrons. The highest BCUT2D eigenvalue weighted by Gasteiger charge is 2.16. The highest BCUT2D eigenvalue weighted by Crippen LogP contribution is 2.29. The van der Waals surface area contributed by atoms with Crippen molar-refractivity contribution in [3.63, 3.8) is 0 Å². The predicted octanol–water partition coefficient (Wildman–Crippen LogP) is 1.72. The van der Waals surface area contributed by atoms with E-state index >= 15 is 0 Å². The molecule has 0 aliphatic heterocycles. The Bertz CT molecular complexity index is 750. The minimum Gasteiger partial charge on any atom is -0.358 e. The summed E-state index contributed by atoms with van der Waals surface area (Å²) in [5.74, 6) is 0.999. The molecule has 2 aromatic heterocycles. The van der Waals surface area contributed by atoms with Crippen molar-refractivity contribution in [2.24, 2.45) is 5.92 Å². The van der Waals surface area contributed by atoms with Gasteiger partial charge in [0.05, 0.1) is 18.5 Å². The SMILES string of the molecule is CC[C@@H](C)Cc1c(C)sc2nc(CNCC(=O)NC)[nH]c(=O)c12. The first-order chi connectivity index (χ1) is 11.0. The van der Waals surface area contributed by atoms with Crippen LogP contribution in [0.25, 0.3) is 10.2 Å². The molecule has 0 unspecified atom stereocenters. The zero-order valence-corrected chi connectivity index (χ0v) is 14.9. The summed E-state index contributed by atoms with van der Waals surface area (Å²) in [5.41, 5.74) is 1.03. The van der Waals surface area contributed by atoms with Crippen molar-refractivity contribution < 1.29 is 4.79 Å². The molecular formula is C16H24N4O2S. The normalized spacial score (nSPS) is 12.5. The van der Waals surface area contributed by atoms with Crippen LogP contribution in [0.1, 0.15) is 36.5 Å². The number of thiophene rings is 1. The maximum atomic E-state index is 12.5. The second-order valence-corrected chi connectivity index (χ2v) is 7.03. The van der Waals surface area contributed by atoms with Gasteiger partial charge in [0, 0.05) is 11.9 Å². The largest absolute Gasteiger partial charge is 0.358 e. The summed E-state index contributed by atoms with van der Waals surface area (Å²) in [4.78, 5) is 33.0. The number of amides is 1. The van der Waals surface area contributed by atoms with Gasteiger partial charge in [-0.05, 0) is 24.8 Å². The Kier molecular flexibility index (Phi) is 5.90. The number of aromatic nitrogens is 2. The van der Waals surface area contributed by atoms with Crippen LogP contribution >= 0.6 is 11.3 Å². The first-order valence-corrected chi connectivity index (χ1v) is 8.70. The lowest BCUT2D eigenvalue weighted by Gasteiger charge is -2.08. The topological polar surface area (TPSA) is 86.9 Å². The van der Waals surface area contributed by atoms with Crippen molar-refractivity contribution in [2.45, 2.75) is 40.2 Å². The lowest BCUT2D eigenvalue weighted by molar-refractivity contribution is -0.119. The Hall–Kier alpha value is -1.73. The third kappa shape index (κ3) is 4.17. The molecule has 0 spiro atoms. The number of likely N-dealkylation sites (N-methyl/N-ethyl adjacent to an activating group) is 1. The van der Waals surface area contributed by atoms with Crippen LogP contribution in [0.5, 0.6) is 0 Å². The predicted molar refractivity (Wildman–Crippen MR) is 93.9 cm³/mol. The number of aryl methyl sites for hydroxylation is 1. The zero-order chi connectivity index (χ0) is 17.0. The fraction of sp³-hybridized carbons (Fsp3) is 0.562. The molecule has 6 nitrogen and oxygen atoms in total. The van der Waals surface area contributed by atoms with Gasteiger partial charge in [0.2, 0.25) is 5.91 Å². The Morgan fingerprint density at radius 1 is 1.43 bits per heavy atom. The molecular weight excluding hydrogens is 312 g/mol. The van der Waals surface area contributed by atoms with Gasteiger partial charge in [0.1, 0.15) is 10.7 Å². The maximum Gasteiger partial charge on any atom is 0.259 e. The van der Waals surface area contributed by atoms with E-state index in [0.717, 1.165) is 33.5 Å². The van der Waals surface area contributed by atoms with E-state index in [-0.39, 0.29) is 18.0 Å². The average molecular weight is 336 g/mol. The number of aromatic amines is 1. The highest BCUT2D eigenvalue weighted by molar-refractivity contribution is 7.18. The molecule has 0 fully saturated rings. The second kappa shape index (κ2) is 7.70. The summed E-state index contributed by atoms with van der Waals surface area (Å²) in [7, 11) is 1.59. The molecule has 0 saturated heterocycles. The van der Waals surface area contributed by atoms with Crippen molar-refractivity contribution in [3.8, 4) is 0 Å². The lowest BCUT2D eigenvalue weighted by Crippen LogP contribution is -2.31. The minimum absolute atomic E-state index is 0.0885. The molecule has 2 aromatic rings. The fourth-order valence-electron chi connectivity index (χ4n) is 2.42. The Morgan fingerprint density at radius 3 is 2.83 bits per heavy atom. The van der Waals surface area contributed by atoms with Crippen LogP contribution in [0.4, 0.5) is 0 Å². The van der Waals surface area contributed by atoms with Crippen LogP contribution in [0, 0.1) is 12.8 Å². The van der Waals surface area contributed by atoms with Crippen molar-refractivity contribution >= 4 is 27.5 Å². The van der Waals surface area contributed by atoms with Crippen LogP contribution in [-0.4, -0.2) is 29.5 Å². The minimum atomic E-state index is -0.101. The van der Waals surface area contributed by atoms with Crippen LogP contribution in [0.15, 0.2) is 4.79 Å². The zero-order valence-electron chi connectivity index (χ0n) is 14.1. The summed E-state index contributed by atoms with van der Waals surface area (Å²) in [6.07, 6.45) is 1.99. The average Bonchev–Trinajstić information content (AvgIpc) is 2.83. The van der Waals surface area contributed by atoms with Gasteiger partial charge in [0.15, 0.2) is 0 Å². The maximum absolute atomic E-state index is 12.5. The van der Waals surface area contributed by atoms with Crippen molar-refractivity contribution in [2.75, 3.05) is 13.6 Å². The fourth-order valence-corrected chi connectivity index (χ4v) is 3.50. The van der Waals surface area contributed by atoms with Gasteiger partial charge < -0.3 is 15.6 Å². The number of nitrogens with one attached hydrogen (secondary N) is 3. The van der Waals surface area contributed by atoms with E-state index in [9.17, 15) is 9.59 Å². The smallest absolute Gasteiger partial charge is 0.259 e. The van der Waals surface area contributed by atoms with Crippen LogP contribution in [-0.2, 0) is 17.8 Å². The summed E-state index contributed by atoms with van der Waals surface area (Å²) < 4.78 is 0. The summed E-state index contributed by atoms with van der Waals surface area (Å²) in [6.45, 7) is 6.96. The van der Waals surface area contributed by atoms with Gasteiger partial charge >= 0.3 is 0 Å². The summed E-state index contributed by atoms with van der Waals surface area (Å²) in [5, 5.41) is 6.23. The van der Waals surface area contributed by atoms with E-state index in [0.29, 0.717) is 18.3 Å². The Balaban J connectivity index is 2.26. The van der Waals surface area contributed by atoms with E-state index in [4.69, 9.17) is 0 Å².